The summed E-state index contributed by atoms with van der Waals surface area (Å²) in [6.07, 6.45) is 3.21. The number of nitrogens with zero attached hydrogens (tertiary/aromatic N) is 2. The summed E-state index contributed by atoms with van der Waals surface area (Å²) in [5.41, 5.74) is 0.577. The molecule has 0 fully saturated rings. The number of aromatic nitrogens is 3. The van der Waals surface area contributed by atoms with Crippen molar-refractivity contribution >= 4 is 43.9 Å². The second-order valence-corrected chi connectivity index (χ2v) is 8.45. The Balaban J connectivity index is 1.75. The van der Waals surface area contributed by atoms with Crippen LogP contribution in [0.3, 0.4) is 0 Å². The zero-order valence-corrected chi connectivity index (χ0v) is 18.6. The predicted molar refractivity (Wildman–Crippen MR) is 127 cm³/mol. The van der Waals surface area contributed by atoms with Gasteiger partial charge in [0.25, 0.3) is 5.56 Å². The fourth-order valence-corrected chi connectivity index (χ4v) is 5.07. The van der Waals surface area contributed by atoms with Crippen molar-refractivity contribution < 1.29 is 9.47 Å². The molecule has 2 aromatic carbocycles. The highest BCUT2D eigenvalue weighted by Gasteiger charge is 2.18. The average Bonchev–Trinajstić information content (AvgIpc) is 3.23. The number of rotatable bonds is 4. The van der Waals surface area contributed by atoms with Crippen molar-refractivity contribution in [3.63, 3.8) is 0 Å². The molecule has 5 rings (SSSR count). The SMILES string of the molecule is COc1cc(Cl)c(-c2cc3[nH]c(=O)n(-c4cncc5ccccc45)c(=O)c3s2)cc1OC. The first-order chi connectivity index (χ1) is 15.5. The van der Waals surface area contributed by atoms with E-state index in [1.165, 1.54) is 31.8 Å². The third-order valence-corrected chi connectivity index (χ3v) is 6.67. The number of aromatic amines is 1. The minimum Gasteiger partial charge on any atom is -0.493 e. The molecule has 0 saturated heterocycles. The molecule has 0 unspecified atom stereocenters. The Morgan fingerprint density at radius 3 is 2.56 bits per heavy atom. The number of methoxy groups -OCH3 is 2. The van der Waals surface area contributed by atoms with E-state index in [1.807, 2.05) is 24.3 Å². The van der Waals surface area contributed by atoms with Crippen LogP contribution in [0.25, 0.3) is 37.1 Å². The van der Waals surface area contributed by atoms with E-state index in [1.54, 1.807) is 24.4 Å². The predicted octanol–water partition coefficient (Wildman–Crippen LogP) is 4.63. The second kappa shape index (κ2) is 7.81. The topological polar surface area (TPSA) is 86.2 Å². The maximum Gasteiger partial charge on any atom is 0.333 e. The molecule has 7 nitrogen and oxygen atoms in total. The lowest BCUT2D eigenvalue weighted by atomic mass is 10.1. The van der Waals surface area contributed by atoms with Gasteiger partial charge in [0.2, 0.25) is 0 Å². The Morgan fingerprint density at radius 2 is 1.78 bits per heavy atom. The first kappa shape index (κ1) is 20.3. The van der Waals surface area contributed by atoms with Gasteiger partial charge in [-0.25, -0.2) is 9.36 Å². The Morgan fingerprint density at radius 1 is 1.03 bits per heavy atom. The van der Waals surface area contributed by atoms with Crippen molar-refractivity contribution in [2.24, 2.45) is 0 Å². The van der Waals surface area contributed by atoms with E-state index in [4.69, 9.17) is 21.1 Å². The third-order valence-electron chi connectivity index (χ3n) is 5.20. The number of thiophene rings is 1. The van der Waals surface area contributed by atoms with E-state index in [-0.39, 0.29) is 0 Å². The molecule has 0 aliphatic carbocycles. The number of benzene rings is 2. The van der Waals surface area contributed by atoms with Crippen LogP contribution in [0.4, 0.5) is 0 Å². The fourth-order valence-electron chi connectivity index (χ4n) is 3.68. The molecule has 5 aromatic rings. The van der Waals surface area contributed by atoms with Crippen LogP contribution in [-0.2, 0) is 0 Å². The first-order valence-electron chi connectivity index (χ1n) is 9.55. The Labute approximate surface area is 190 Å². The molecule has 3 aromatic heterocycles. The van der Waals surface area contributed by atoms with Gasteiger partial charge in [0.1, 0.15) is 4.70 Å². The van der Waals surface area contributed by atoms with Crippen LogP contribution in [0, 0.1) is 0 Å². The number of H-pyrrole nitrogens is 1. The molecule has 1 N–H and O–H groups in total. The first-order valence-corrected chi connectivity index (χ1v) is 10.7. The van der Waals surface area contributed by atoms with Crippen LogP contribution in [0.2, 0.25) is 5.02 Å². The molecule has 9 heteroatoms. The summed E-state index contributed by atoms with van der Waals surface area (Å²) in [4.78, 5) is 34.0. The molecule has 160 valence electrons. The van der Waals surface area contributed by atoms with Gasteiger partial charge in [0, 0.05) is 33.5 Å². The average molecular weight is 466 g/mol. The largest absolute Gasteiger partial charge is 0.493 e. The van der Waals surface area contributed by atoms with Crippen LogP contribution in [0.5, 0.6) is 11.5 Å². The van der Waals surface area contributed by atoms with E-state index in [9.17, 15) is 9.59 Å². The van der Waals surface area contributed by atoms with Gasteiger partial charge in [0.15, 0.2) is 11.5 Å². The molecule has 0 aliphatic heterocycles. The summed E-state index contributed by atoms with van der Waals surface area (Å²) in [6, 6.07) is 12.6. The maximum absolute atomic E-state index is 13.4. The summed E-state index contributed by atoms with van der Waals surface area (Å²) in [6.45, 7) is 0. The normalized spacial score (nSPS) is 11.2. The molecule has 0 saturated carbocycles. The highest BCUT2D eigenvalue weighted by Crippen LogP contribution is 2.41. The number of nitrogens with one attached hydrogen (secondary N) is 1. The van der Waals surface area contributed by atoms with Crippen LogP contribution < -0.4 is 20.7 Å². The molecule has 0 bridgehead atoms. The summed E-state index contributed by atoms with van der Waals surface area (Å²) in [7, 11) is 3.07. The van der Waals surface area contributed by atoms with E-state index in [0.717, 1.165) is 15.3 Å². The molecule has 32 heavy (non-hydrogen) atoms. The summed E-state index contributed by atoms with van der Waals surface area (Å²) < 4.78 is 12.2. The van der Waals surface area contributed by atoms with Crippen molar-refractivity contribution in [2.75, 3.05) is 14.2 Å². The molecule has 0 spiro atoms. The van der Waals surface area contributed by atoms with Crippen LogP contribution >= 0.6 is 22.9 Å². The molecule has 3 heterocycles. The van der Waals surface area contributed by atoms with Crippen LogP contribution in [-0.4, -0.2) is 28.8 Å². The van der Waals surface area contributed by atoms with Gasteiger partial charge in [-0.05, 0) is 12.1 Å². The second-order valence-electron chi connectivity index (χ2n) is 6.99. The summed E-state index contributed by atoms with van der Waals surface area (Å²) >= 11 is 7.71. The maximum atomic E-state index is 13.4. The van der Waals surface area contributed by atoms with Crippen molar-refractivity contribution in [1.29, 1.82) is 0 Å². The van der Waals surface area contributed by atoms with E-state index < -0.39 is 11.2 Å². The van der Waals surface area contributed by atoms with Gasteiger partial charge in [-0.2, -0.15) is 0 Å². The van der Waals surface area contributed by atoms with Gasteiger partial charge < -0.3 is 14.5 Å². The number of hydrogen-bond acceptors (Lipinski definition) is 6. The Bertz CT molecular complexity index is 1610. The van der Waals surface area contributed by atoms with Gasteiger partial charge in [-0.3, -0.25) is 9.78 Å². The molecule has 0 atom stereocenters. The van der Waals surface area contributed by atoms with Gasteiger partial charge in [-0.1, -0.05) is 35.9 Å². The van der Waals surface area contributed by atoms with Crippen molar-refractivity contribution in [3.8, 4) is 27.6 Å². The standard InChI is InChI=1S/C23H16ClN3O4S/c1-30-18-7-14(15(24)8-19(18)31-2)20-9-16-21(32-20)22(28)27(23(29)26-16)17-11-25-10-12-5-3-4-6-13(12)17/h3-11H,1-2H3,(H,26,29). The molecular formula is C23H16ClN3O4S. The number of fused-ring (bicyclic) bond motifs is 2. The van der Waals surface area contributed by atoms with E-state index in [2.05, 4.69) is 9.97 Å². The smallest absolute Gasteiger partial charge is 0.333 e. The van der Waals surface area contributed by atoms with Crippen molar-refractivity contribution in [1.82, 2.24) is 14.5 Å². The van der Waals surface area contributed by atoms with E-state index >= 15 is 0 Å². The molecule has 0 radical (unpaired) electrons. The summed E-state index contributed by atoms with van der Waals surface area (Å²) in [5, 5.41) is 2.03. The molecular weight excluding hydrogens is 450 g/mol. The zero-order valence-electron chi connectivity index (χ0n) is 17.0. The highest BCUT2D eigenvalue weighted by atomic mass is 35.5. The quantitative estimate of drug-likeness (QED) is 0.418. The van der Waals surface area contributed by atoms with Gasteiger partial charge in [-0.15, -0.1) is 11.3 Å². The lowest BCUT2D eigenvalue weighted by Crippen LogP contribution is -2.33. The lowest BCUT2D eigenvalue weighted by Gasteiger charge is -2.10. The van der Waals surface area contributed by atoms with E-state index in [0.29, 0.717) is 42.9 Å². The fraction of sp³-hybridized carbons (Fsp3) is 0.0870. The molecule has 0 aliphatic rings. The monoisotopic (exact) mass is 465 g/mol. The van der Waals surface area contributed by atoms with Crippen molar-refractivity contribution in [3.05, 3.63) is 80.7 Å². The lowest BCUT2D eigenvalue weighted by molar-refractivity contribution is 0.355. The Hall–Kier alpha value is -3.62. The third kappa shape index (κ3) is 3.16. The highest BCUT2D eigenvalue weighted by molar-refractivity contribution is 7.22. The zero-order chi connectivity index (χ0) is 22.4. The number of pyridine rings is 1. The number of halogens is 1. The van der Waals surface area contributed by atoms with Crippen LogP contribution in [0.1, 0.15) is 0 Å². The Kier molecular flexibility index (Phi) is 4.96. The van der Waals surface area contributed by atoms with Crippen molar-refractivity contribution in [2.45, 2.75) is 0 Å². The number of hydrogen-bond donors (Lipinski definition) is 1. The molecule has 0 amide bonds. The number of ether oxygens (including phenoxy) is 2. The van der Waals surface area contributed by atoms with Crippen LogP contribution in [0.15, 0.2) is 64.4 Å². The van der Waals surface area contributed by atoms with Gasteiger partial charge in [0.05, 0.1) is 36.6 Å². The minimum absolute atomic E-state index is 0.401. The van der Waals surface area contributed by atoms with Gasteiger partial charge >= 0.3 is 5.69 Å². The summed E-state index contributed by atoms with van der Waals surface area (Å²) in [5.74, 6) is 1.01. The minimum atomic E-state index is -0.539.